The summed E-state index contributed by atoms with van der Waals surface area (Å²) in [5, 5.41) is 1.19. The molecule has 0 amide bonds. The van der Waals surface area contributed by atoms with Crippen molar-refractivity contribution in [1.29, 1.82) is 0 Å². The van der Waals surface area contributed by atoms with E-state index in [9.17, 15) is 0 Å². The van der Waals surface area contributed by atoms with Gasteiger partial charge in [-0.3, -0.25) is 0 Å². The van der Waals surface area contributed by atoms with Gasteiger partial charge in [0.25, 0.3) is 0 Å². The summed E-state index contributed by atoms with van der Waals surface area (Å²) in [6.45, 7) is 0.341. The maximum absolute atomic E-state index is 5.99. The van der Waals surface area contributed by atoms with Gasteiger partial charge in [-0.15, -0.1) is 11.3 Å². The molecule has 0 bridgehead atoms. The second-order valence-electron chi connectivity index (χ2n) is 3.93. The number of rotatable bonds is 4. The van der Waals surface area contributed by atoms with Crippen LogP contribution in [0.4, 0.5) is 0 Å². The van der Waals surface area contributed by atoms with E-state index in [4.69, 9.17) is 16.3 Å². The second kappa shape index (κ2) is 6.05. The van der Waals surface area contributed by atoms with Gasteiger partial charge in [-0.1, -0.05) is 23.7 Å². The standard InChI is InChI=1S/C13H10ClN3OS2/c1-18-7-11-16-10(14)6-12(17-11)20-13-15-8-4-2-3-5-9(8)19-13/h2-6H,7H2,1H3. The predicted octanol–water partition coefficient (Wildman–Crippen LogP) is 4.04. The number of hydrogen-bond acceptors (Lipinski definition) is 6. The summed E-state index contributed by atoms with van der Waals surface area (Å²) in [7, 11) is 1.60. The third-order valence-electron chi connectivity index (χ3n) is 2.46. The largest absolute Gasteiger partial charge is 0.377 e. The third-order valence-corrected chi connectivity index (χ3v) is 4.67. The van der Waals surface area contributed by atoms with E-state index in [2.05, 4.69) is 21.0 Å². The minimum absolute atomic E-state index is 0.341. The lowest BCUT2D eigenvalue weighted by molar-refractivity contribution is 0.177. The minimum atomic E-state index is 0.341. The van der Waals surface area contributed by atoms with Crippen LogP contribution in [0.5, 0.6) is 0 Å². The van der Waals surface area contributed by atoms with Gasteiger partial charge < -0.3 is 4.74 Å². The van der Waals surface area contributed by atoms with Crippen molar-refractivity contribution >= 4 is 44.9 Å². The van der Waals surface area contributed by atoms with Crippen molar-refractivity contribution in [2.24, 2.45) is 0 Å². The van der Waals surface area contributed by atoms with Crippen LogP contribution in [0.15, 0.2) is 39.7 Å². The van der Waals surface area contributed by atoms with Crippen LogP contribution in [0, 0.1) is 0 Å². The zero-order valence-corrected chi connectivity index (χ0v) is 12.9. The number of methoxy groups -OCH3 is 1. The summed E-state index contributed by atoms with van der Waals surface area (Å²) < 4.78 is 7.12. The molecule has 7 heteroatoms. The highest BCUT2D eigenvalue weighted by molar-refractivity contribution is 8.01. The SMILES string of the molecule is COCc1nc(Cl)cc(Sc2nc3ccccc3s2)n1. The molecule has 102 valence electrons. The highest BCUT2D eigenvalue weighted by Gasteiger charge is 2.09. The second-order valence-corrected chi connectivity index (χ2v) is 6.61. The van der Waals surface area contributed by atoms with Gasteiger partial charge in [0.1, 0.15) is 16.8 Å². The molecule has 0 saturated heterocycles. The van der Waals surface area contributed by atoms with Crippen LogP contribution >= 0.6 is 34.7 Å². The number of hydrogen-bond donors (Lipinski definition) is 0. The van der Waals surface area contributed by atoms with E-state index < -0.39 is 0 Å². The van der Waals surface area contributed by atoms with Crippen LogP contribution < -0.4 is 0 Å². The van der Waals surface area contributed by atoms with E-state index in [1.54, 1.807) is 24.5 Å². The molecule has 0 radical (unpaired) electrons. The lowest BCUT2D eigenvalue weighted by Crippen LogP contribution is -1.98. The Balaban J connectivity index is 1.90. The molecule has 0 aliphatic heterocycles. The Labute approximate surface area is 129 Å². The molecule has 4 nitrogen and oxygen atoms in total. The first-order valence-electron chi connectivity index (χ1n) is 5.80. The Morgan fingerprint density at radius 1 is 1.25 bits per heavy atom. The molecule has 2 aromatic heterocycles. The lowest BCUT2D eigenvalue weighted by atomic mass is 10.3. The number of fused-ring (bicyclic) bond motifs is 1. The molecule has 2 heterocycles. The van der Waals surface area contributed by atoms with E-state index >= 15 is 0 Å². The fraction of sp³-hybridized carbons (Fsp3) is 0.154. The molecule has 20 heavy (non-hydrogen) atoms. The fourth-order valence-corrected chi connectivity index (χ4v) is 3.97. The molecule has 0 fully saturated rings. The normalized spacial score (nSPS) is 11.1. The molecule has 3 aromatic rings. The molecule has 0 aliphatic rings. The van der Waals surface area contributed by atoms with Crippen LogP contribution in [-0.2, 0) is 11.3 Å². The van der Waals surface area contributed by atoms with Crippen LogP contribution in [0.1, 0.15) is 5.82 Å². The minimum Gasteiger partial charge on any atom is -0.377 e. The Morgan fingerprint density at radius 3 is 2.90 bits per heavy atom. The molecule has 0 saturated carbocycles. The number of thiazole rings is 1. The van der Waals surface area contributed by atoms with Crippen molar-refractivity contribution in [1.82, 2.24) is 15.0 Å². The third kappa shape index (κ3) is 3.09. The van der Waals surface area contributed by atoms with Crippen molar-refractivity contribution in [3.05, 3.63) is 41.3 Å². The van der Waals surface area contributed by atoms with Gasteiger partial charge >= 0.3 is 0 Å². The molecule has 3 rings (SSSR count). The fourth-order valence-electron chi connectivity index (χ4n) is 1.67. The van der Waals surface area contributed by atoms with Crippen molar-refractivity contribution < 1.29 is 4.74 Å². The number of benzene rings is 1. The van der Waals surface area contributed by atoms with E-state index in [-0.39, 0.29) is 0 Å². The quantitative estimate of drug-likeness (QED) is 0.678. The van der Waals surface area contributed by atoms with E-state index in [0.717, 1.165) is 19.6 Å². The van der Waals surface area contributed by atoms with Gasteiger partial charge in [0.05, 0.1) is 10.2 Å². The van der Waals surface area contributed by atoms with E-state index in [0.29, 0.717) is 17.6 Å². The van der Waals surface area contributed by atoms with Crippen molar-refractivity contribution in [2.45, 2.75) is 16.0 Å². The maximum Gasteiger partial charge on any atom is 0.157 e. The highest BCUT2D eigenvalue weighted by Crippen LogP contribution is 2.33. The van der Waals surface area contributed by atoms with Gasteiger partial charge in [0.2, 0.25) is 0 Å². The smallest absolute Gasteiger partial charge is 0.157 e. The Kier molecular flexibility index (Phi) is 4.16. The van der Waals surface area contributed by atoms with Gasteiger partial charge in [0, 0.05) is 13.2 Å². The Bertz CT molecular complexity index is 714. The molecular weight excluding hydrogens is 314 g/mol. The van der Waals surface area contributed by atoms with Crippen LogP contribution in [0.3, 0.4) is 0 Å². The molecule has 0 spiro atoms. The first-order chi connectivity index (χ1) is 9.74. The van der Waals surface area contributed by atoms with Gasteiger partial charge in [-0.05, 0) is 23.9 Å². The number of ether oxygens (including phenoxy) is 1. The molecule has 1 aromatic carbocycles. The summed E-state index contributed by atoms with van der Waals surface area (Å²) in [5.74, 6) is 0.573. The van der Waals surface area contributed by atoms with Gasteiger partial charge in [-0.2, -0.15) is 0 Å². The summed E-state index contributed by atoms with van der Waals surface area (Å²) in [6, 6.07) is 9.78. The van der Waals surface area contributed by atoms with Gasteiger partial charge in [-0.25, -0.2) is 15.0 Å². The van der Waals surface area contributed by atoms with Gasteiger partial charge in [0.15, 0.2) is 10.2 Å². The van der Waals surface area contributed by atoms with E-state index in [1.807, 2.05) is 18.2 Å². The van der Waals surface area contributed by atoms with Crippen LogP contribution in [0.2, 0.25) is 5.15 Å². The lowest BCUT2D eigenvalue weighted by Gasteiger charge is -2.02. The van der Waals surface area contributed by atoms with Crippen molar-refractivity contribution in [2.75, 3.05) is 7.11 Å². The first kappa shape index (κ1) is 13.8. The van der Waals surface area contributed by atoms with Crippen LogP contribution in [0.25, 0.3) is 10.2 Å². The average molecular weight is 324 g/mol. The molecule has 0 atom stereocenters. The number of aromatic nitrogens is 3. The zero-order chi connectivity index (χ0) is 13.9. The average Bonchev–Trinajstić information content (AvgIpc) is 2.80. The van der Waals surface area contributed by atoms with Crippen molar-refractivity contribution in [3.8, 4) is 0 Å². The summed E-state index contributed by atoms with van der Waals surface area (Å²) in [5.41, 5.74) is 0.997. The van der Waals surface area contributed by atoms with Crippen LogP contribution in [-0.4, -0.2) is 22.1 Å². The summed E-state index contributed by atoms with van der Waals surface area (Å²) in [4.78, 5) is 13.1. The summed E-state index contributed by atoms with van der Waals surface area (Å²) in [6.07, 6.45) is 0. The first-order valence-corrected chi connectivity index (χ1v) is 7.81. The maximum atomic E-state index is 5.99. The Morgan fingerprint density at radius 2 is 2.10 bits per heavy atom. The van der Waals surface area contributed by atoms with Crippen molar-refractivity contribution in [3.63, 3.8) is 0 Å². The summed E-state index contributed by atoms with van der Waals surface area (Å²) >= 11 is 9.11. The highest BCUT2D eigenvalue weighted by atomic mass is 35.5. The Hall–Kier alpha value is -1.21. The zero-order valence-electron chi connectivity index (χ0n) is 10.5. The molecule has 0 N–H and O–H groups in total. The number of halogens is 1. The predicted molar refractivity (Wildman–Crippen MR) is 81.5 cm³/mol. The van der Waals surface area contributed by atoms with E-state index in [1.165, 1.54) is 11.8 Å². The molecule has 0 aliphatic carbocycles. The topological polar surface area (TPSA) is 47.9 Å². The molecular formula is C13H10ClN3OS2. The number of para-hydroxylation sites is 1. The monoisotopic (exact) mass is 323 g/mol. The molecule has 0 unspecified atom stereocenters. The number of nitrogens with zero attached hydrogens (tertiary/aromatic N) is 3.